The van der Waals surface area contributed by atoms with Gasteiger partial charge in [0.1, 0.15) is 0 Å². The van der Waals surface area contributed by atoms with Crippen LogP contribution in [0.2, 0.25) is 0 Å². The summed E-state index contributed by atoms with van der Waals surface area (Å²) in [5, 5.41) is 0. The van der Waals surface area contributed by atoms with E-state index in [4.69, 9.17) is 5.73 Å². The number of hydrogen-bond donors (Lipinski definition) is 1. The Kier molecular flexibility index (Phi) is 5.06. The van der Waals surface area contributed by atoms with Crippen LogP contribution in [0.3, 0.4) is 0 Å². The molecule has 1 atom stereocenters. The smallest absolute Gasteiger partial charge is 0.147 e. The molecule has 0 aromatic heterocycles. The molecule has 3 heteroatoms. The Labute approximate surface area is 132 Å². The van der Waals surface area contributed by atoms with Crippen molar-refractivity contribution in [2.45, 2.75) is 19.4 Å². The molecule has 104 valence electrons. The molecule has 2 aromatic rings. The fraction of sp³-hybridized carbons (Fsp3) is 0.176. The van der Waals surface area contributed by atoms with Crippen molar-refractivity contribution < 1.29 is 0 Å². The summed E-state index contributed by atoms with van der Waals surface area (Å²) in [6.45, 7) is 2.06. The average Bonchev–Trinajstić information content (AvgIpc) is 2.43. The van der Waals surface area contributed by atoms with E-state index in [0.29, 0.717) is 15.0 Å². The van der Waals surface area contributed by atoms with E-state index in [1.807, 2.05) is 0 Å². The van der Waals surface area contributed by atoms with E-state index >= 15 is 0 Å². The van der Waals surface area contributed by atoms with Crippen molar-refractivity contribution in [1.29, 1.82) is 0 Å². The molecule has 2 N–H and O–H groups in total. The van der Waals surface area contributed by atoms with E-state index in [1.165, 1.54) is 25.6 Å². The van der Waals surface area contributed by atoms with E-state index in [1.54, 1.807) is 0 Å². The zero-order valence-electron chi connectivity index (χ0n) is 11.4. The summed E-state index contributed by atoms with van der Waals surface area (Å²) in [4.78, 5) is 0. The summed E-state index contributed by atoms with van der Waals surface area (Å²) in [7, 11) is 0. The molecule has 0 saturated heterocycles. The van der Waals surface area contributed by atoms with Gasteiger partial charge in [-0.3, -0.25) is 0 Å². The zero-order chi connectivity index (χ0) is 13.2. The molecule has 1 aliphatic heterocycles. The van der Waals surface area contributed by atoms with Gasteiger partial charge in [-0.05, 0) is 0 Å². The molecule has 2 aromatic carbocycles. The molecule has 0 spiro atoms. The fourth-order valence-electron chi connectivity index (χ4n) is 2.34. The van der Waals surface area contributed by atoms with Crippen LogP contribution >= 0.6 is 12.4 Å². The normalized spacial score (nSPS) is 13.8. The van der Waals surface area contributed by atoms with Gasteiger partial charge in [-0.1, -0.05) is 0 Å². The summed E-state index contributed by atoms with van der Waals surface area (Å²) in [5.74, 6) is 0. The first kappa shape index (κ1) is 15.3. The molecule has 0 aliphatic carbocycles. The zero-order valence-corrected chi connectivity index (χ0v) is 13.9. The second kappa shape index (κ2) is 6.60. The van der Waals surface area contributed by atoms with Gasteiger partial charge in [-0.15, -0.1) is 12.4 Å². The quantitative estimate of drug-likeness (QED) is 0.705. The molecule has 1 nitrogen and oxygen atoms in total. The molecule has 1 aliphatic rings. The summed E-state index contributed by atoms with van der Waals surface area (Å²) in [5.41, 5.74) is 10.0. The van der Waals surface area contributed by atoms with Crippen LogP contribution in [0.25, 0.3) is 5.57 Å². The Morgan fingerprint density at radius 1 is 1.00 bits per heavy atom. The van der Waals surface area contributed by atoms with Gasteiger partial charge in [-0.25, -0.2) is 0 Å². The van der Waals surface area contributed by atoms with Gasteiger partial charge in [0.2, 0.25) is 0 Å². The van der Waals surface area contributed by atoms with Crippen LogP contribution in [-0.2, 0) is 0 Å². The molecule has 0 amide bonds. The number of fused-ring (bicyclic) bond motifs is 2. The van der Waals surface area contributed by atoms with Crippen molar-refractivity contribution >= 4 is 41.9 Å². The molecule has 1 unspecified atom stereocenters. The first-order chi connectivity index (χ1) is 9.25. The van der Waals surface area contributed by atoms with Crippen LogP contribution in [0, 0.1) is 0 Å². The third kappa shape index (κ3) is 2.99. The summed E-state index contributed by atoms with van der Waals surface area (Å²) >= 11 is 0.416. The van der Waals surface area contributed by atoms with E-state index < -0.39 is 0 Å². The standard InChI is InChI=1S/C17H17NSe.ClH/c1-12(18)10-11-13-14-6-2-4-8-16(14)19-17-9-5-3-7-15(13)17;/h2-9,11-12H,10,18H2,1H3;1H. The van der Waals surface area contributed by atoms with E-state index in [0.717, 1.165) is 6.42 Å². The minimum Gasteiger partial charge on any atom is -0.147 e. The predicted molar refractivity (Wildman–Crippen MR) is 90.5 cm³/mol. The van der Waals surface area contributed by atoms with Crippen LogP contribution in [-0.4, -0.2) is 21.0 Å². The molecule has 0 saturated carbocycles. The SMILES string of the molecule is CC(N)CC=C1c2ccccc2[Se]c2ccccc21.Cl. The van der Waals surface area contributed by atoms with E-state index in [2.05, 4.69) is 61.5 Å². The van der Waals surface area contributed by atoms with Gasteiger partial charge in [0.05, 0.1) is 0 Å². The Balaban J connectivity index is 0.00000147. The minimum atomic E-state index is 0. The van der Waals surface area contributed by atoms with Gasteiger partial charge in [0.25, 0.3) is 0 Å². The molecule has 1 heterocycles. The molecular formula is C17H18ClNSe. The topological polar surface area (TPSA) is 26.0 Å². The summed E-state index contributed by atoms with van der Waals surface area (Å²) in [6.07, 6.45) is 3.22. The second-order valence-corrected chi connectivity index (χ2v) is 7.20. The van der Waals surface area contributed by atoms with Crippen molar-refractivity contribution in [3.63, 3.8) is 0 Å². The Bertz CT molecular complexity index is 587. The van der Waals surface area contributed by atoms with Gasteiger partial charge < -0.3 is 0 Å². The van der Waals surface area contributed by atoms with Gasteiger partial charge >= 0.3 is 120 Å². The Morgan fingerprint density at radius 3 is 2.00 bits per heavy atom. The average molecular weight is 351 g/mol. The van der Waals surface area contributed by atoms with Crippen LogP contribution in [0.1, 0.15) is 24.5 Å². The Morgan fingerprint density at radius 2 is 1.50 bits per heavy atom. The van der Waals surface area contributed by atoms with Crippen LogP contribution < -0.4 is 14.7 Å². The number of benzene rings is 2. The van der Waals surface area contributed by atoms with Crippen molar-refractivity contribution in [1.82, 2.24) is 0 Å². The number of rotatable bonds is 2. The van der Waals surface area contributed by atoms with Crippen molar-refractivity contribution in [3.8, 4) is 0 Å². The molecule has 3 rings (SSSR count). The maximum Gasteiger partial charge on any atom is -0.147 e. The van der Waals surface area contributed by atoms with E-state index in [-0.39, 0.29) is 18.4 Å². The van der Waals surface area contributed by atoms with E-state index in [9.17, 15) is 0 Å². The summed E-state index contributed by atoms with van der Waals surface area (Å²) < 4.78 is 2.95. The van der Waals surface area contributed by atoms with Crippen molar-refractivity contribution in [2.75, 3.05) is 0 Å². The molecule has 0 fully saturated rings. The van der Waals surface area contributed by atoms with Crippen LogP contribution in [0.15, 0.2) is 54.6 Å². The molecule has 20 heavy (non-hydrogen) atoms. The predicted octanol–water partition coefficient (Wildman–Crippen LogP) is 2.25. The van der Waals surface area contributed by atoms with Gasteiger partial charge in [0.15, 0.2) is 0 Å². The molecule has 0 radical (unpaired) electrons. The monoisotopic (exact) mass is 351 g/mol. The summed E-state index contributed by atoms with van der Waals surface area (Å²) in [6, 6.07) is 17.7. The molecule has 0 bridgehead atoms. The minimum absolute atomic E-state index is 0. The number of hydrogen-bond acceptors (Lipinski definition) is 1. The largest absolute Gasteiger partial charge is 0.147 e. The Hall–Kier alpha value is -1.05. The van der Waals surface area contributed by atoms with Crippen LogP contribution in [0.5, 0.6) is 0 Å². The van der Waals surface area contributed by atoms with Gasteiger partial charge in [0, 0.05) is 0 Å². The second-order valence-electron chi connectivity index (χ2n) is 4.93. The number of nitrogens with two attached hydrogens (primary N) is 1. The first-order valence-electron chi connectivity index (χ1n) is 6.58. The third-order valence-electron chi connectivity index (χ3n) is 3.27. The number of halogens is 1. The fourth-order valence-corrected chi connectivity index (χ4v) is 4.66. The maximum atomic E-state index is 5.91. The van der Waals surface area contributed by atoms with Crippen molar-refractivity contribution in [3.05, 3.63) is 65.7 Å². The van der Waals surface area contributed by atoms with Crippen LogP contribution in [0.4, 0.5) is 0 Å². The molecular weight excluding hydrogens is 333 g/mol. The third-order valence-corrected chi connectivity index (χ3v) is 5.68. The maximum absolute atomic E-state index is 5.91. The van der Waals surface area contributed by atoms with Gasteiger partial charge in [-0.2, -0.15) is 0 Å². The first-order valence-corrected chi connectivity index (χ1v) is 8.29. The van der Waals surface area contributed by atoms with Crippen molar-refractivity contribution in [2.24, 2.45) is 5.73 Å².